The van der Waals surface area contributed by atoms with E-state index in [9.17, 15) is 0 Å². The first-order valence-corrected chi connectivity index (χ1v) is 7.12. The van der Waals surface area contributed by atoms with Gasteiger partial charge in [0.2, 0.25) is 0 Å². The van der Waals surface area contributed by atoms with Gasteiger partial charge in [-0.25, -0.2) is 0 Å². The van der Waals surface area contributed by atoms with Crippen LogP contribution in [0.15, 0.2) is 22.7 Å². The molecule has 2 nitrogen and oxygen atoms in total. The highest BCUT2D eigenvalue weighted by molar-refractivity contribution is 9.10. The predicted molar refractivity (Wildman–Crippen MR) is 79.7 cm³/mol. The van der Waals surface area contributed by atoms with Gasteiger partial charge in [0.15, 0.2) is 0 Å². The molecule has 1 rings (SSSR count). The van der Waals surface area contributed by atoms with E-state index in [1.807, 2.05) is 7.05 Å². The first-order valence-electron chi connectivity index (χ1n) is 6.33. The maximum Gasteiger partial charge on any atom is 0.0380 e. The van der Waals surface area contributed by atoms with Crippen molar-refractivity contribution in [1.29, 1.82) is 0 Å². The molecule has 0 saturated heterocycles. The van der Waals surface area contributed by atoms with Gasteiger partial charge in [0.05, 0.1) is 0 Å². The summed E-state index contributed by atoms with van der Waals surface area (Å²) >= 11 is 3.65. The Balaban J connectivity index is 2.94. The maximum atomic E-state index is 3.65. The van der Waals surface area contributed by atoms with Crippen molar-refractivity contribution in [2.75, 3.05) is 18.5 Å². The topological polar surface area (TPSA) is 15.3 Å². The number of anilines is 1. The summed E-state index contributed by atoms with van der Waals surface area (Å²) in [4.78, 5) is 2.44. The molecule has 17 heavy (non-hydrogen) atoms. The Bertz CT molecular complexity index is 352. The van der Waals surface area contributed by atoms with Crippen molar-refractivity contribution in [3.63, 3.8) is 0 Å². The van der Waals surface area contributed by atoms with Crippen molar-refractivity contribution in [1.82, 2.24) is 5.32 Å². The summed E-state index contributed by atoms with van der Waals surface area (Å²) in [6.45, 7) is 8.67. The molecule has 0 radical (unpaired) electrons. The number of hydrogen-bond donors (Lipinski definition) is 1. The monoisotopic (exact) mass is 298 g/mol. The van der Waals surface area contributed by atoms with E-state index in [-0.39, 0.29) is 0 Å². The molecule has 0 spiro atoms. The summed E-state index contributed by atoms with van der Waals surface area (Å²) in [5, 5.41) is 3.18. The van der Waals surface area contributed by atoms with Crippen LogP contribution in [0.4, 0.5) is 5.69 Å². The zero-order chi connectivity index (χ0) is 12.8. The van der Waals surface area contributed by atoms with Crippen LogP contribution in [0.25, 0.3) is 0 Å². The van der Waals surface area contributed by atoms with Crippen LogP contribution in [0.5, 0.6) is 0 Å². The van der Waals surface area contributed by atoms with E-state index >= 15 is 0 Å². The van der Waals surface area contributed by atoms with Gasteiger partial charge >= 0.3 is 0 Å². The normalized spacial score (nSPS) is 12.5. The van der Waals surface area contributed by atoms with Gasteiger partial charge in [0.25, 0.3) is 0 Å². The van der Waals surface area contributed by atoms with Crippen molar-refractivity contribution >= 4 is 21.6 Å². The summed E-state index contributed by atoms with van der Waals surface area (Å²) in [6.07, 6.45) is 1.17. The van der Waals surface area contributed by atoms with Gasteiger partial charge in [0, 0.05) is 29.3 Å². The Morgan fingerprint density at radius 1 is 1.35 bits per heavy atom. The van der Waals surface area contributed by atoms with Gasteiger partial charge in [0.1, 0.15) is 0 Å². The molecule has 1 N–H and O–H groups in total. The minimum atomic E-state index is 0.585. The van der Waals surface area contributed by atoms with Crippen LogP contribution >= 0.6 is 15.9 Å². The Morgan fingerprint density at radius 3 is 2.53 bits per heavy atom. The molecule has 96 valence electrons. The number of nitrogens with zero attached hydrogens (tertiary/aromatic N) is 1. The summed E-state index contributed by atoms with van der Waals surface area (Å²) in [6, 6.07) is 7.22. The smallest absolute Gasteiger partial charge is 0.0380 e. The molecule has 0 heterocycles. The first kappa shape index (κ1) is 14.5. The fourth-order valence-corrected chi connectivity index (χ4v) is 2.52. The van der Waals surface area contributed by atoms with Crippen LogP contribution in [0, 0.1) is 0 Å². The van der Waals surface area contributed by atoms with Crippen LogP contribution in [0.1, 0.15) is 32.8 Å². The van der Waals surface area contributed by atoms with Gasteiger partial charge in [-0.1, -0.05) is 28.9 Å². The molecule has 1 aromatic rings. The highest BCUT2D eigenvalue weighted by atomic mass is 79.9. The van der Waals surface area contributed by atoms with Gasteiger partial charge in [-0.05, 0) is 45.0 Å². The molecule has 0 amide bonds. The van der Waals surface area contributed by atoms with Crippen LogP contribution < -0.4 is 10.2 Å². The highest BCUT2D eigenvalue weighted by Gasteiger charge is 2.12. The van der Waals surface area contributed by atoms with Crippen molar-refractivity contribution in [3.8, 4) is 0 Å². The fourth-order valence-electron chi connectivity index (χ4n) is 2.02. The molecule has 3 heteroatoms. The van der Waals surface area contributed by atoms with E-state index < -0.39 is 0 Å². The van der Waals surface area contributed by atoms with E-state index in [4.69, 9.17) is 0 Å². The Morgan fingerprint density at radius 2 is 2.06 bits per heavy atom. The Hall–Kier alpha value is -0.540. The van der Waals surface area contributed by atoms with Crippen molar-refractivity contribution < 1.29 is 0 Å². The first-order chi connectivity index (χ1) is 8.13. The molecular weight excluding hydrogens is 276 g/mol. The van der Waals surface area contributed by atoms with E-state index in [0.717, 1.165) is 13.1 Å². The third-order valence-electron chi connectivity index (χ3n) is 3.20. The highest BCUT2D eigenvalue weighted by Crippen LogP contribution is 2.26. The second-order valence-corrected chi connectivity index (χ2v) is 5.20. The van der Waals surface area contributed by atoms with Crippen LogP contribution in [-0.2, 0) is 6.54 Å². The third kappa shape index (κ3) is 3.71. The van der Waals surface area contributed by atoms with E-state index in [2.05, 4.69) is 65.1 Å². The second kappa shape index (κ2) is 7.02. The van der Waals surface area contributed by atoms with Crippen LogP contribution in [-0.4, -0.2) is 19.6 Å². The number of rotatable bonds is 6. The lowest BCUT2D eigenvalue weighted by Gasteiger charge is -2.30. The lowest BCUT2D eigenvalue weighted by Crippen LogP contribution is -2.32. The molecule has 0 aliphatic carbocycles. The minimum absolute atomic E-state index is 0.585. The molecule has 0 aliphatic rings. The standard InChI is InChI=1S/C14H23BrN2/c1-5-11(3)17(6-2)13-8-7-12(10-16-4)14(15)9-13/h7-9,11,16H,5-6,10H2,1-4H3. The lowest BCUT2D eigenvalue weighted by molar-refractivity contribution is 0.629. The third-order valence-corrected chi connectivity index (χ3v) is 3.94. The average molecular weight is 299 g/mol. The number of hydrogen-bond acceptors (Lipinski definition) is 2. The molecule has 1 aromatic carbocycles. The molecule has 0 fully saturated rings. The molecule has 0 saturated carbocycles. The number of nitrogens with one attached hydrogen (secondary N) is 1. The zero-order valence-electron chi connectivity index (χ0n) is 11.3. The molecule has 1 atom stereocenters. The Labute approximate surface area is 114 Å². The maximum absolute atomic E-state index is 3.65. The van der Waals surface area contributed by atoms with Crippen molar-refractivity contribution in [2.24, 2.45) is 0 Å². The van der Waals surface area contributed by atoms with Crippen molar-refractivity contribution in [2.45, 2.75) is 39.8 Å². The molecule has 1 unspecified atom stereocenters. The summed E-state index contributed by atoms with van der Waals surface area (Å²) < 4.78 is 1.19. The average Bonchev–Trinajstić information content (AvgIpc) is 2.33. The van der Waals surface area contributed by atoms with Crippen LogP contribution in [0.2, 0.25) is 0 Å². The predicted octanol–water partition coefficient (Wildman–Crippen LogP) is 3.79. The van der Waals surface area contributed by atoms with Crippen LogP contribution in [0.3, 0.4) is 0 Å². The van der Waals surface area contributed by atoms with Gasteiger partial charge in [-0.3, -0.25) is 0 Å². The van der Waals surface area contributed by atoms with Gasteiger partial charge in [-0.2, -0.15) is 0 Å². The van der Waals surface area contributed by atoms with Crippen molar-refractivity contribution in [3.05, 3.63) is 28.2 Å². The molecule has 0 aliphatic heterocycles. The zero-order valence-corrected chi connectivity index (χ0v) is 12.8. The summed E-state index contributed by atoms with van der Waals surface area (Å²) in [7, 11) is 1.97. The number of halogens is 1. The minimum Gasteiger partial charge on any atom is -0.369 e. The van der Waals surface area contributed by atoms with Gasteiger partial charge in [-0.15, -0.1) is 0 Å². The number of benzene rings is 1. The lowest BCUT2D eigenvalue weighted by atomic mass is 10.1. The summed E-state index contributed by atoms with van der Waals surface area (Å²) in [5.41, 5.74) is 2.60. The Kier molecular flexibility index (Phi) is 6.00. The molecular formula is C14H23BrN2. The fraction of sp³-hybridized carbons (Fsp3) is 0.571. The molecule has 0 aromatic heterocycles. The quantitative estimate of drug-likeness (QED) is 0.859. The largest absolute Gasteiger partial charge is 0.369 e. The molecule has 0 bridgehead atoms. The SMILES string of the molecule is CCC(C)N(CC)c1ccc(CNC)c(Br)c1. The second-order valence-electron chi connectivity index (χ2n) is 4.35. The van der Waals surface area contributed by atoms with E-state index in [1.165, 1.54) is 22.1 Å². The summed E-state index contributed by atoms with van der Waals surface area (Å²) in [5.74, 6) is 0. The van der Waals surface area contributed by atoms with Gasteiger partial charge < -0.3 is 10.2 Å². The van der Waals surface area contributed by atoms with E-state index in [1.54, 1.807) is 0 Å². The van der Waals surface area contributed by atoms with E-state index in [0.29, 0.717) is 6.04 Å².